The molecule has 4 rings (SSSR count). The maximum absolute atomic E-state index is 13.0. The van der Waals surface area contributed by atoms with E-state index in [1.165, 1.54) is 12.1 Å². The SMILES string of the molecule is CO[C@@H]1C[C@@H](c2nc(C3CC3)n[nH]2)N(C(=O)CCc2ccc(F)cc2)C1. The third-order valence-electron chi connectivity index (χ3n) is 5.24. The zero-order chi connectivity index (χ0) is 18.1. The van der Waals surface area contributed by atoms with Gasteiger partial charge in [-0.25, -0.2) is 9.37 Å². The minimum Gasteiger partial charge on any atom is -0.380 e. The molecule has 1 saturated heterocycles. The van der Waals surface area contributed by atoms with Crippen molar-refractivity contribution >= 4 is 5.91 Å². The number of benzene rings is 1. The molecular formula is C19H23FN4O2. The number of hydrogen-bond donors (Lipinski definition) is 1. The number of methoxy groups -OCH3 is 1. The standard InChI is InChI=1S/C19H23FN4O2/c1-26-15-10-16(19-21-18(22-23-19)13-5-6-13)24(11-15)17(25)9-4-12-2-7-14(20)8-3-12/h2-3,7-8,13,15-16H,4-6,9-11H2,1H3,(H,21,22,23)/t15-,16+/m1/s1. The van der Waals surface area contributed by atoms with E-state index in [0.717, 1.165) is 36.5 Å². The Morgan fingerprint density at radius 1 is 1.35 bits per heavy atom. The second-order valence-corrected chi connectivity index (χ2v) is 7.13. The van der Waals surface area contributed by atoms with E-state index in [4.69, 9.17) is 4.74 Å². The van der Waals surface area contributed by atoms with E-state index < -0.39 is 0 Å². The highest BCUT2D eigenvalue weighted by molar-refractivity contribution is 5.77. The summed E-state index contributed by atoms with van der Waals surface area (Å²) in [5, 5.41) is 7.35. The zero-order valence-corrected chi connectivity index (χ0v) is 14.8. The van der Waals surface area contributed by atoms with Crippen LogP contribution >= 0.6 is 0 Å². The minimum absolute atomic E-state index is 0.00393. The van der Waals surface area contributed by atoms with Crippen molar-refractivity contribution in [3.05, 3.63) is 47.3 Å². The molecular weight excluding hydrogens is 335 g/mol. The summed E-state index contributed by atoms with van der Waals surface area (Å²) in [5.74, 6) is 1.88. The molecule has 2 atom stereocenters. The molecule has 1 aromatic carbocycles. The fourth-order valence-corrected chi connectivity index (χ4v) is 3.51. The van der Waals surface area contributed by atoms with Crippen LogP contribution in [0.3, 0.4) is 0 Å². The molecule has 2 fully saturated rings. The third kappa shape index (κ3) is 3.62. The number of carbonyl (C=O) groups is 1. The summed E-state index contributed by atoms with van der Waals surface area (Å²) in [6.45, 7) is 0.558. The lowest BCUT2D eigenvalue weighted by atomic mass is 10.1. The summed E-state index contributed by atoms with van der Waals surface area (Å²) in [7, 11) is 1.67. The fourth-order valence-electron chi connectivity index (χ4n) is 3.51. The molecule has 1 N–H and O–H groups in total. The predicted molar refractivity (Wildman–Crippen MR) is 92.9 cm³/mol. The van der Waals surface area contributed by atoms with E-state index in [2.05, 4.69) is 15.2 Å². The summed E-state index contributed by atoms with van der Waals surface area (Å²) in [5.41, 5.74) is 0.953. The van der Waals surface area contributed by atoms with Crippen LogP contribution in [-0.2, 0) is 16.0 Å². The number of H-pyrrole nitrogens is 1. The minimum atomic E-state index is -0.264. The Morgan fingerprint density at radius 3 is 2.81 bits per heavy atom. The van der Waals surface area contributed by atoms with Crippen LogP contribution in [0, 0.1) is 5.82 Å². The normalized spacial score (nSPS) is 22.8. The molecule has 2 aromatic rings. The molecule has 1 aliphatic carbocycles. The summed E-state index contributed by atoms with van der Waals surface area (Å²) in [4.78, 5) is 19.3. The number of aromatic amines is 1. The van der Waals surface area contributed by atoms with Crippen molar-refractivity contribution in [2.24, 2.45) is 0 Å². The molecule has 26 heavy (non-hydrogen) atoms. The van der Waals surface area contributed by atoms with Gasteiger partial charge in [0.05, 0.1) is 12.1 Å². The lowest BCUT2D eigenvalue weighted by molar-refractivity contribution is -0.132. The first-order valence-electron chi connectivity index (χ1n) is 9.13. The maximum Gasteiger partial charge on any atom is 0.223 e. The summed E-state index contributed by atoms with van der Waals surface area (Å²) in [6, 6.07) is 6.17. The van der Waals surface area contributed by atoms with Gasteiger partial charge in [0.2, 0.25) is 5.91 Å². The summed E-state index contributed by atoms with van der Waals surface area (Å²) >= 11 is 0. The Hall–Kier alpha value is -2.28. The van der Waals surface area contributed by atoms with Crippen LogP contribution in [0.15, 0.2) is 24.3 Å². The van der Waals surface area contributed by atoms with Gasteiger partial charge in [0.15, 0.2) is 5.82 Å². The zero-order valence-electron chi connectivity index (χ0n) is 14.8. The number of rotatable bonds is 6. The lowest BCUT2D eigenvalue weighted by Gasteiger charge is -2.22. The number of halogens is 1. The molecule has 6 nitrogen and oxygen atoms in total. The Kier molecular flexibility index (Phi) is 4.72. The van der Waals surface area contributed by atoms with E-state index in [1.54, 1.807) is 19.2 Å². The molecule has 0 radical (unpaired) electrons. The number of likely N-dealkylation sites (tertiary alicyclic amines) is 1. The van der Waals surface area contributed by atoms with Gasteiger partial charge < -0.3 is 9.64 Å². The largest absolute Gasteiger partial charge is 0.380 e. The number of nitrogens with one attached hydrogen (secondary N) is 1. The number of aryl methyl sites for hydroxylation is 1. The van der Waals surface area contributed by atoms with Gasteiger partial charge in [-0.3, -0.25) is 9.89 Å². The molecule has 2 heterocycles. The molecule has 1 amide bonds. The second-order valence-electron chi connectivity index (χ2n) is 7.13. The third-order valence-corrected chi connectivity index (χ3v) is 5.24. The van der Waals surface area contributed by atoms with Crippen molar-refractivity contribution in [1.82, 2.24) is 20.1 Å². The van der Waals surface area contributed by atoms with Gasteiger partial charge in [-0.2, -0.15) is 5.10 Å². The van der Waals surface area contributed by atoms with Crippen LogP contribution < -0.4 is 0 Å². The highest BCUT2D eigenvalue weighted by Crippen LogP contribution is 2.39. The predicted octanol–water partition coefficient (Wildman–Crippen LogP) is 2.74. The van der Waals surface area contributed by atoms with Crippen molar-refractivity contribution in [3.8, 4) is 0 Å². The van der Waals surface area contributed by atoms with Crippen LogP contribution in [0.4, 0.5) is 4.39 Å². The van der Waals surface area contributed by atoms with Crippen molar-refractivity contribution < 1.29 is 13.9 Å². The van der Waals surface area contributed by atoms with Gasteiger partial charge in [0.1, 0.15) is 11.6 Å². The van der Waals surface area contributed by atoms with Crippen molar-refractivity contribution in [2.45, 2.75) is 50.2 Å². The molecule has 0 spiro atoms. The Morgan fingerprint density at radius 2 is 2.12 bits per heavy atom. The lowest BCUT2D eigenvalue weighted by Crippen LogP contribution is -2.32. The fraction of sp³-hybridized carbons (Fsp3) is 0.526. The summed E-state index contributed by atoms with van der Waals surface area (Å²) in [6.07, 6.45) is 3.97. The van der Waals surface area contributed by atoms with Gasteiger partial charge in [0.25, 0.3) is 0 Å². The molecule has 2 aliphatic rings. The number of aromatic nitrogens is 3. The number of hydrogen-bond acceptors (Lipinski definition) is 4. The first-order valence-corrected chi connectivity index (χ1v) is 9.13. The van der Waals surface area contributed by atoms with Gasteiger partial charge in [0, 0.05) is 32.4 Å². The first kappa shape index (κ1) is 17.1. The van der Waals surface area contributed by atoms with Gasteiger partial charge in [-0.1, -0.05) is 12.1 Å². The Labute approximate surface area is 151 Å². The van der Waals surface area contributed by atoms with Gasteiger partial charge in [-0.05, 0) is 37.0 Å². The molecule has 0 bridgehead atoms. The van der Waals surface area contributed by atoms with Gasteiger partial charge in [-0.15, -0.1) is 0 Å². The van der Waals surface area contributed by atoms with Crippen molar-refractivity contribution in [2.75, 3.05) is 13.7 Å². The molecule has 1 saturated carbocycles. The first-order chi connectivity index (χ1) is 12.6. The molecule has 1 aromatic heterocycles. The van der Waals surface area contributed by atoms with E-state index in [1.807, 2.05) is 4.90 Å². The smallest absolute Gasteiger partial charge is 0.223 e. The van der Waals surface area contributed by atoms with E-state index in [9.17, 15) is 9.18 Å². The summed E-state index contributed by atoms with van der Waals surface area (Å²) < 4.78 is 18.5. The number of nitrogens with zero attached hydrogens (tertiary/aromatic N) is 3. The molecule has 1 aliphatic heterocycles. The van der Waals surface area contributed by atoms with E-state index in [0.29, 0.717) is 25.3 Å². The molecule has 7 heteroatoms. The number of carbonyl (C=O) groups excluding carboxylic acids is 1. The van der Waals surface area contributed by atoms with Crippen LogP contribution in [-0.4, -0.2) is 45.7 Å². The Bertz CT molecular complexity index is 772. The number of amides is 1. The highest BCUT2D eigenvalue weighted by atomic mass is 19.1. The van der Waals surface area contributed by atoms with E-state index in [-0.39, 0.29) is 23.9 Å². The van der Waals surface area contributed by atoms with Crippen molar-refractivity contribution in [1.29, 1.82) is 0 Å². The topological polar surface area (TPSA) is 71.1 Å². The number of ether oxygens (including phenoxy) is 1. The average molecular weight is 358 g/mol. The van der Waals surface area contributed by atoms with Crippen LogP contribution in [0.2, 0.25) is 0 Å². The van der Waals surface area contributed by atoms with E-state index >= 15 is 0 Å². The highest BCUT2D eigenvalue weighted by Gasteiger charge is 2.39. The quantitative estimate of drug-likeness (QED) is 0.862. The van der Waals surface area contributed by atoms with Gasteiger partial charge >= 0.3 is 0 Å². The molecule has 138 valence electrons. The molecule has 0 unspecified atom stereocenters. The van der Waals surface area contributed by atoms with Crippen LogP contribution in [0.5, 0.6) is 0 Å². The van der Waals surface area contributed by atoms with Crippen LogP contribution in [0.1, 0.15) is 54.9 Å². The maximum atomic E-state index is 13.0. The Balaban J connectivity index is 1.44. The average Bonchev–Trinajstić information content (AvgIpc) is 3.22. The van der Waals surface area contributed by atoms with Crippen LogP contribution in [0.25, 0.3) is 0 Å². The second kappa shape index (κ2) is 7.15. The monoisotopic (exact) mass is 358 g/mol. The van der Waals surface area contributed by atoms with Crippen molar-refractivity contribution in [3.63, 3.8) is 0 Å².